The van der Waals surface area contributed by atoms with E-state index >= 15 is 0 Å². The van der Waals surface area contributed by atoms with Crippen LogP contribution in [-0.4, -0.2) is 34.1 Å². The molecule has 1 atom stereocenters. The van der Waals surface area contributed by atoms with Gasteiger partial charge in [0.25, 0.3) is 15.9 Å². The number of hydrogen-bond donors (Lipinski definition) is 2. The summed E-state index contributed by atoms with van der Waals surface area (Å²) in [4.78, 5) is 12.2. The van der Waals surface area contributed by atoms with Crippen molar-refractivity contribution in [1.29, 1.82) is 0 Å². The zero-order chi connectivity index (χ0) is 23.7. The molecule has 174 valence electrons. The van der Waals surface area contributed by atoms with Gasteiger partial charge in [-0.15, -0.1) is 0 Å². The van der Waals surface area contributed by atoms with Crippen molar-refractivity contribution >= 4 is 21.6 Å². The molecule has 0 heterocycles. The van der Waals surface area contributed by atoms with E-state index < -0.39 is 10.0 Å². The number of nitrogens with one attached hydrogen (secondary N) is 2. The molecule has 3 rings (SSSR count). The lowest BCUT2D eigenvalue weighted by molar-refractivity contribution is -0.123. The molecule has 0 radical (unpaired) electrons. The molecule has 1 amide bonds. The minimum absolute atomic E-state index is 0.0107. The molecule has 0 fully saturated rings. The lowest BCUT2D eigenvalue weighted by atomic mass is 10.1. The Hall–Kier alpha value is -3.52. The minimum Gasteiger partial charge on any atom is -0.497 e. The van der Waals surface area contributed by atoms with Gasteiger partial charge < -0.3 is 14.8 Å². The van der Waals surface area contributed by atoms with Crippen molar-refractivity contribution in [3.8, 4) is 11.5 Å². The molecular weight excluding hydrogens is 440 g/mol. The average Bonchev–Trinajstić information content (AvgIpc) is 2.82. The molecule has 3 aromatic rings. The van der Waals surface area contributed by atoms with E-state index in [2.05, 4.69) is 22.2 Å². The first-order valence-electron chi connectivity index (χ1n) is 10.6. The van der Waals surface area contributed by atoms with Crippen LogP contribution in [-0.2, 0) is 21.2 Å². The molecule has 0 aromatic heterocycles. The van der Waals surface area contributed by atoms with Crippen LogP contribution in [0, 0.1) is 0 Å². The van der Waals surface area contributed by atoms with Crippen LogP contribution >= 0.6 is 0 Å². The van der Waals surface area contributed by atoms with Gasteiger partial charge in [0.05, 0.1) is 17.7 Å². The largest absolute Gasteiger partial charge is 0.497 e. The van der Waals surface area contributed by atoms with Crippen molar-refractivity contribution in [2.45, 2.75) is 30.7 Å². The molecule has 0 saturated carbocycles. The van der Waals surface area contributed by atoms with Crippen LogP contribution in [0.15, 0.2) is 83.8 Å². The second kappa shape index (κ2) is 11.4. The first-order chi connectivity index (χ1) is 15.9. The van der Waals surface area contributed by atoms with Gasteiger partial charge in [-0.3, -0.25) is 9.52 Å². The quantitative estimate of drug-likeness (QED) is 0.443. The third kappa shape index (κ3) is 7.54. The maximum Gasteiger partial charge on any atom is 0.261 e. The minimum atomic E-state index is -3.77. The molecule has 0 spiro atoms. The Morgan fingerprint density at radius 1 is 0.939 bits per heavy atom. The summed E-state index contributed by atoms with van der Waals surface area (Å²) in [7, 11) is -2.26. The predicted octanol–water partition coefficient (Wildman–Crippen LogP) is 4.01. The zero-order valence-electron chi connectivity index (χ0n) is 18.7. The fourth-order valence-electron chi connectivity index (χ4n) is 3.18. The van der Waals surface area contributed by atoms with Crippen molar-refractivity contribution in [3.63, 3.8) is 0 Å². The van der Waals surface area contributed by atoms with E-state index in [1.165, 1.54) is 36.9 Å². The van der Waals surface area contributed by atoms with Gasteiger partial charge in [-0.2, -0.15) is 0 Å². The van der Waals surface area contributed by atoms with Crippen LogP contribution in [0.25, 0.3) is 0 Å². The molecule has 3 aromatic carbocycles. The normalized spacial score (nSPS) is 11.9. The Labute approximate surface area is 194 Å². The van der Waals surface area contributed by atoms with Gasteiger partial charge in [-0.1, -0.05) is 36.4 Å². The summed E-state index contributed by atoms with van der Waals surface area (Å²) < 4.78 is 38.3. The highest BCUT2D eigenvalue weighted by molar-refractivity contribution is 7.92. The number of methoxy groups -OCH3 is 1. The number of amides is 1. The van der Waals surface area contributed by atoms with Crippen LogP contribution < -0.4 is 19.5 Å². The molecule has 0 aliphatic carbocycles. The Morgan fingerprint density at radius 2 is 1.67 bits per heavy atom. The first kappa shape index (κ1) is 24.1. The molecule has 0 bridgehead atoms. The van der Waals surface area contributed by atoms with Crippen LogP contribution in [0.1, 0.15) is 18.9 Å². The van der Waals surface area contributed by atoms with Crippen LogP contribution in [0.3, 0.4) is 0 Å². The summed E-state index contributed by atoms with van der Waals surface area (Å²) in [5, 5.41) is 2.91. The highest BCUT2D eigenvalue weighted by Gasteiger charge is 2.15. The molecule has 0 aliphatic rings. The van der Waals surface area contributed by atoms with Gasteiger partial charge in [0.15, 0.2) is 6.61 Å². The van der Waals surface area contributed by atoms with Crippen LogP contribution in [0.4, 0.5) is 5.69 Å². The van der Waals surface area contributed by atoms with E-state index in [1.54, 1.807) is 24.3 Å². The van der Waals surface area contributed by atoms with Crippen molar-refractivity contribution in [2.24, 2.45) is 0 Å². The molecule has 2 N–H and O–H groups in total. The number of hydrogen-bond acceptors (Lipinski definition) is 5. The lowest BCUT2D eigenvalue weighted by Crippen LogP contribution is -2.36. The summed E-state index contributed by atoms with van der Waals surface area (Å²) in [5.74, 6) is 0.723. The molecule has 0 unspecified atom stereocenters. The molecule has 0 aliphatic heterocycles. The van der Waals surface area contributed by atoms with Gasteiger partial charge in [-0.25, -0.2) is 8.42 Å². The number of aryl methyl sites for hydroxylation is 1. The SMILES string of the molecule is COc1cccc(NS(=O)(=O)c2ccc(OCC(=O)N[C@H](C)CCc3ccccc3)cc2)c1. The Balaban J connectivity index is 1.48. The third-order valence-corrected chi connectivity index (χ3v) is 6.34. The predicted molar refractivity (Wildman–Crippen MR) is 128 cm³/mol. The number of anilines is 1. The number of benzene rings is 3. The van der Waals surface area contributed by atoms with Gasteiger partial charge in [0.2, 0.25) is 0 Å². The highest BCUT2D eigenvalue weighted by Crippen LogP contribution is 2.22. The Bertz CT molecular complexity index is 1150. The number of carbonyl (C=O) groups excluding carboxylic acids is 1. The second-order valence-electron chi connectivity index (χ2n) is 7.59. The second-order valence-corrected chi connectivity index (χ2v) is 9.27. The van der Waals surface area contributed by atoms with Crippen molar-refractivity contribution < 1.29 is 22.7 Å². The molecule has 33 heavy (non-hydrogen) atoms. The topological polar surface area (TPSA) is 93.7 Å². The summed E-state index contributed by atoms with van der Waals surface area (Å²) in [5.41, 5.74) is 1.62. The first-order valence-corrected chi connectivity index (χ1v) is 12.1. The van der Waals surface area contributed by atoms with E-state index in [9.17, 15) is 13.2 Å². The molecular formula is C25H28N2O5S. The Kier molecular flexibility index (Phi) is 8.32. The van der Waals surface area contributed by atoms with Crippen LogP contribution in [0.2, 0.25) is 0 Å². The Morgan fingerprint density at radius 3 is 2.36 bits per heavy atom. The number of carbonyl (C=O) groups is 1. The monoisotopic (exact) mass is 468 g/mol. The maximum atomic E-state index is 12.6. The van der Waals surface area contributed by atoms with Gasteiger partial charge in [-0.05, 0) is 61.7 Å². The summed E-state index contributed by atoms with van der Waals surface area (Å²) in [6.45, 7) is 1.81. The number of ether oxygens (including phenoxy) is 2. The van der Waals surface area contributed by atoms with Crippen molar-refractivity contribution in [2.75, 3.05) is 18.4 Å². The van der Waals surface area contributed by atoms with Crippen molar-refractivity contribution in [1.82, 2.24) is 5.32 Å². The summed E-state index contributed by atoms with van der Waals surface area (Å²) in [6, 6.07) is 22.7. The van der Waals surface area contributed by atoms with Gasteiger partial charge in [0.1, 0.15) is 11.5 Å². The van der Waals surface area contributed by atoms with E-state index in [4.69, 9.17) is 9.47 Å². The zero-order valence-corrected chi connectivity index (χ0v) is 19.5. The standard InChI is InChI=1S/C25H28N2O5S/c1-19(11-12-20-7-4-3-5-8-20)26-25(28)18-32-22-13-15-24(16-14-22)33(29,30)27-21-9-6-10-23(17-21)31-2/h3-10,13-17,19,27H,11-12,18H2,1-2H3,(H,26,28)/t19-/m1/s1. The van der Waals surface area contributed by atoms with E-state index in [1.807, 2.05) is 25.1 Å². The highest BCUT2D eigenvalue weighted by atomic mass is 32.2. The summed E-state index contributed by atoms with van der Waals surface area (Å²) in [6.07, 6.45) is 1.70. The molecule has 7 nitrogen and oxygen atoms in total. The van der Waals surface area contributed by atoms with E-state index in [0.29, 0.717) is 17.2 Å². The maximum absolute atomic E-state index is 12.6. The van der Waals surface area contributed by atoms with E-state index in [0.717, 1.165) is 12.8 Å². The number of rotatable bonds is 11. The van der Waals surface area contributed by atoms with Crippen LogP contribution in [0.5, 0.6) is 11.5 Å². The average molecular weight is 469 g/mol. The van der Waals surface area contributed by atoms with E-state index in [-0.39, 0.29) is 23.5 Å². The lowest BCUT2D eigenvalue weighted by Gasteiger charge is -2.14. The fourth-order valence-corrected chi connectivity index (χ4v) is 4.23. The fraction of sp³-hybridized carbons (Fsp3) is 0.240. The molecule has 0 saturated heterocycles. The smallest absolute Gasteiger partial charge is 0.261 e. The van der Waals surface area contributed by atoms with Gasteiger partial charge >= 0.3 is 0 Å². The van der Waals surface area contributed by atoms with Crippen molar-refractivity contribution in [3.05, 3.63) is 84.4 Å². The number of sulfonamides is 1. The third-order valence-electron chi connectivity index (χ3n) is 4.94. The summed E-state index contributed by atoms with van der Waals surface area (Å²) >= 11 is 0. The van der Waals surface area contributed by atoms with Gasteiger partial charge in [0, 0.05) is 12.1 Å². The molecule has 8 heteroatoms.